The van der Waals surface area contributed by atoms with Crippen LogP contribution in [0.5, 0.6) is 0 Å². The van der Waals surface area contributed by atoms with Crippen LogP contribution in [0.25, 0.3) is 0 Å². The lowest BCUT2D eigenvalue weighted by Gasteiger charge is -2.08. The van der Waals surface area contributed by atoms with Crippen LogP contribution in [0.1, 0.15) is 16.1 Å². The highest BCUT2D eigenvalue weighted by Gasteiger charge is 2.07. The molecular weight excluding hydrogens is 318 g/mol. The predicted octanol–water partition coefficient (Wildman–Crippen LogP) is 3.85. The molecule has 0 aliphatic heterocycles. The second-order valence-corrected chi connectivity index (χ2v) is 5.28. The highest BCUT2D eigenvalue weighted by molar-refractivity contribution is 6.00. The van der Waals surface area contributed by atoms with Crippen molar-refractivity contribution in [1.82, 2.24) is 5.32 Å². The van der Waals surface area contributed by atoms with Gasteiger partial charge in [0.2, 0.25) is 0 Å². The van der Waals surface area contributed by atoms with E-state index in [0.717, 1.165) is 0 Å². The van der Waals surface area contributed by atoms with Gasteiger partial charge in [-0.25, -0.2) is 4.79 Å². The number of urea groups is 1. The summed E-state index contributed by atoms with van der Waals surface area (Å²) in [5.41, 5.74) is 1.80. The van der Waals surface area contributed by atoms with Gasteiger partial charge in [0.15, 0.2) is 0 Å². The topological polar surface area (TPSA) is 83.4 Å². The van der Waals surface area contributed by atoms with Crippen molar-refractivity contribution in [2.24, 2.45) is 0 Å². The van der Waals surface area contributed by atoms with Gasteiger partial charge < -0.3 is 20.4 Å². The summed E-state index contributed by atoms with van der Waals surface area (Å²) >= 11 is 0. The molecular formula is C19H17N3O3. The highest BCUT2D eigenvalue weighted by atomic mass is 16.3. The van der Waals surface area contributed by atoms with Crippen LogP contribution in [0.2, 0.25) is 0 Å². The Kier molecular flexibility index (Phi) is 5.11. The minimum absolute atomic E-state index is 0.211. The number of amides is 3. The number of hydrogen-bond acceptors (Lipinski definition) is 3. The number of nitrogens with one attached hydrogen (secondary N) is 3. The van der Waals surface area contributed by atoms with Crippen molar-refractivity contribution in [2.45, 2.75) is 6.54 Å². The molecule has 0 bridgehead atoms. The lowest BCUT2D eigenvalue weighted by atomic mass is 10.2. The first-order valence-corrected chi connectivity index (χ1v) is 7.74. The van der Waals surface area contributed by atoms with Gasteiger partial charge in [-0.05, 0) is 48.5 Å². The first-order chi connectivity index (χ1) is 12.2. The zero-order chi connectivity index (χ0) is 17.5. The number of rotatable bonds is 5. The van der Waals surface area contributed by atoms with E-state index in [1.807, 2.05) is 18.2 Å². The van der Waals surface area contributed by atoms with Crippen molar-refractivity contribution in [2.75, 3.05) is 10.6 Å². The first-order valence-electron chi connectivity index (χ1n) is 7.74. The molecule has 1 aromatic heterocycles. The maximum absolute atomic E-state index is 12.1. The molecule has 0 atom stereocenters. The summed E-state index contributed by atoms with van der Waals surface area (Å²) in [6, 6.07) is 19.0. The Hall–Kier alpha value is -3.54. The second kappa shape index (κ2) is 7.83. The van der Waals surface area contributed by atoms with Crippen LogP contribution in [0.3, 0.4) is 0 Å². The standard InChI is InChI=1S/C19H17N3O3/c23-18(20-13-17-7-4-12-25-17)14-8-10-16(11-9-14)22-19(24)21-15-5-2-1-3-6-15/h1-12H,13H2,(H,20,23)(H2,21,22,24). The zero-order valence-electron chi connectivity index (χ0n) is 13.4. The average molecular weight is 335 g/mol. The van der Waals surface area contributed by atoms with E-state index in [1.165, 1.54) is 0 Å². The number of carbonyl (C=O) groups is 2. The molecule has 3 aromatic rings. The van der Waals surface area contributed by atoms with Crippen molar-refractivity contribution in [3.63, 3.8) is 0 Å². The molecule has 0 spiro atoms. The van der Waals surface area contributed by atoms with Gasteiger partial charge in [-0.1, -0.05) is 18.2 Å². The van der Waals surface area contributed by atoms with Crippen LogP contribution in [-0.4, -0.2) is 11.9 Å². The molecule has 0 aliphatic carbocycles. The van der Waals surface area contributed by atoms with Crippen LogP contribution in [-0.2, 0) is 6.54 Å². The molecule has 0 unspecified atom stereocenters. The molecule has 0 radical (unpaired) electrons. The van der Waals surface area contributed by atoms with E-state index in [-0.39, 0.29) is 11.9 Å². The van der Waals surface area contributed by atoms with Crippen molar-refractivity contribution in [1.29, 1.82) is 0 Å². The number of para-hydroxylation sites is 1. The third-order valence-corrected chi connectivity index (χ3v) is 3.44. The first kappa shape index (κ1) is 16.3. The fraction of sp³-hybridized carbons (Fsp3) is 0.0526. The highest BCUT2D eigenvalue weighted by Crippen LogP contribution is 2.11. The van der Waals surface area contributed by atoms with Gasteiger partial charge in [-0.2, -0.15) is 0 Å². The molecule has 6 heteroatoms. The maximum atomic E-state index is 12.1. The third kappa shape index (κ3) is 4.71. The summed E-state index contributed by atoms with van der Waals surface area (Å²) in [5, 5.41) is 8.20. The fourth-order valence-corrected chi connectivity index (χ4v) is 2.20. The lowest BCUT2D eigenvalue weighted by molar-refractivity contribution is 0.0948. The van der Waals surface area contributed by atoms with Gasteiger partial charge in [0.05, 0.1) is 12.8 Å². The number of carbonyl (C=O) groups excluding carboxylic acids is 2. The number of benzene rings is 2. The summed E-state index contributed by atoms with van der Waals surface area (Å²) in [5.74, 6) is 0.473. The Morgan fingerprint density at radius 1 is 0.800 bits per heavy atom. The zero-order valence-corrected chi connectivity index (χ0v) is 13.4. The summed E-state index contributed by atoms with van der Waals surface area (Å²) in [6.07, 6.45) is 1.56. The van der Waals surface area contributed by atoms with Gasteiger partial charge in [0, 0.05) is 16.9 Å². The SMILES string of the molecule is O=C(Nc1ccccc1)Nc1ccc(C(=O)NCc2ccco2)cc1. The molecule has 126 valence electrons. The number of hydrogen-bond donors (Lipinski definition) is 3. The second-order valence-electron chi connectivity index (χ2n) is 5.28. The molecule has 0 fully saturated rings. The van der Waals surface area contributed by atoms with Crippen LogP contribution in [0.4, 0.5) is 16.2 Å². The van der Waals surface area contributed by atoms with E-state index in [9.17, 15) is 9.59 Å². The largest absolute Gasteiger partial charge is 0.467 e. The Bertz CT molecular complexity index is 828. The molecule has 0 saturated heterocycles. The normalized spacial score (nSPS) is 10.1. The van der Waals surface area contributed by atoms with E-state index < -0.39 is 0 Å². The smallest absolute Gasteiger partial charge is 0.323 e. The molecule has 0 saturated carbocycles. The number of furan rings is 1. The van der Waals surface area contributed by atoms with Crippen LogP contribution < -0.4 is 16.0 Å². The molecule has 0 aliphatic rings. The Labute approximate surface area is 144 Å². The predicted molar refractivity (Wildman–Crippen MR) is 95.4 cm³/mol. The van der Waals surface area contributed by atoms with E-state index in [2.05, 4.69) is 16.0 Å². The number of anilines is 2. The Morgan fingerprint density at radius 3 is 2.12 bits per heavy atom. The molecule has 3 rings (SSSR count). The van der Waals surface area contributed by atoms with Crippen molar-refractivity contribution >= 4 is 23.3 Å². The Balaban J connectivity index is 1.52. The van der Waals surface area contributed by atoms with E-state index in [0.29, 0.717) is 29.2 Å². The van der Waals surface area contributed by atoms with Gasteiger partial charge >= 0.3 is 6.03 Å². The maximum Gasteiger partial charge on any atom is 0.323 e. The van der Waals surface area contributed by atoms with Gasteiger partial charge in [-0.3, -0.25) is 4.79 Å². The fourth-order valence-electron chi connectivity index (χ4n) is 2.20. The monoisotopic (exact) mass is 335 g/mol. The quantitative estimate of drug-likeness (QED) is 0.662. The van der Waals surface area contributed by atoms with Crippen LogP contribution in [0, 0.1) is 0 Å². The van der Waals surface area contributed by atoms with Crippen LogP contribution in [0.15, 0.2) is 77.4 Å². The average Bonchev–Trinajstić information content (AvgIpc) is 3.14. The Morgan fingerprint density at radius 2 is 1.48 bits per heavy atom. The molecule has 1 heterocycles. The van der Waals surface area contributed by atoms with E-state index in [4.69, 9.17) is 4.42 Å². The third-order valence-electron chi connectivity index (χ3n) is 3.44. The minimum atomic E-state index is -0.346. The molecule has 2 aromatic carbocycles. The summed E-state index contributed by atoms with van der Waals surface area (Å²) in [6.45, 7) is 0.325. The molecule has 6 nitrogen and oxygen atoms in total. The van der Waals surface area contributed by atoms with E-state index >= 15 is 0 Å². The van der Waals surface area contributed by atoms with Crippen LogP contribution >= 0.6 is 0 Å². The van der Waals surface area contributed by atoms with Gasteiger partial charge in [0.1, 0.15) is 5.76 Å². The molecule has 25 heavy (non-hydrogen) atoms. The lowest BCUT2D eigenvalue weighted by Crippen LogP contribution is -2.22. The molecule has 3 amide bonds. The van der Waals surface area contributed by atoms with Gasteiger partial charge in [0.25, 0.3) is 5.91 Å². The summed E-state index contributed by atoms with van der Waals surface area (Å²) < 4.78 is 5.16. The van der Waals surface area contributed by atoms with Gasteiger partial charge in [-0.15, -0.1) is 0 Å². The molecule has 3 N–H and O–H groups in total. The summed E-state index contributed by atoms with van der Waals surface area (Å²) in [7, 11) is 0. The van der Waals surface area contributed by atoms with Crippen molar-refractivity contribution in [3.05, 3.63) is 84.3 Å². The van der Waals surface area contributed by atoms with E-state index in [1.54, 1.807) is 54.8 Å². The van der Waals surface area contributed by atoms with Crippen molar-refractivity contribution < 1.29 is 14.0 Å². The summed E-state index contributed by atoms with van der Waals surface area (Å²) in [4.78, 5) is 24.0. The minimum Gasteiger partial charge on any atom is -0.467 e. The van der Waals surface area contributed by atoms with Crippen molar-refractivity contribution in [3.8, 4) is 0 Å².